The highest BCUT2D eigenvalue weighted by molar-refractivity contribution is 9.10. The van der Waals surface area contributed by atoms with Gasteiger partial charge in [-0.25, -0.2) is 4.79 Å². The standard InChI is InChI=1S/C29H21BrN2O2/c1-2-34-28(33)23-17-24(26(20-11-5-3-6-12-20)21-13-7-4-8-14-21)29(18-31,19-32)27(23)22-15-9-10-16-25(22)30/h3-17,27H,2H2,1H3. The Balaban J connectivity index is 2.13. The second kappa shape index (κ2) is 9.91. The maximum Gasteiger partial charge on any atom is 0.334 e. The molecule has 5 heteroatoms. The predicted octanol–water partition coefficient (Wildman–Crippen LogP) is 6.57. The van der Waals surface area contributed by atoms with Crippen LogP contribution in [-0.4, -0.2) is 12.6 Å². The molecule has 0 fully saturated rings. The molecule has 166 valence electrons. The van der Waals surface area contributed by atoms with Crippen molar-refractivity contribution in [2.45, 2.75) is 12.8 Å². The fourth-order valence-electron chi connectivity index (χ4n) is 4.47. The Kier molecular flexibility index (Phi) is 6.77. The van der Waals surface area contributed by atoms with Gasteiger partial charge in [0.1, 0.15) is 0 Å². The van der Waals surface area contributed by atoms with Gasteiger partial charge >= 0.3 is 5.97 Å². The summed E-state index contributed by atoms with van der Waals surface area (Å²) in [6.45, 7) is 1.92. The van der Waals surface area contributed by atoms with Gasteiger partial charge in [-0.05, 0) is 46.9 Å². The second-order valence-electron chi connectivity index (χ2n) is 7.83. The molecular weight excluding hydrogens is 488 g/mol. The number of hydrogen-bond donors (Lipinski definition) is 0. The minimum absolute atomic E-state index is 0.189. The molecule has 0 aromatic heterocycles. The fraction of sp³-hybridized carbons (Fsp3) is 0.138. The SMILES string of the molecule is CCOC(=O)C1=CC(=C(c2ccccc2)c2ccccc2)C(C#N)(C#N)C1c1ccccc1Br. The lowest BCUT2D eigenvalue weighted by Crippen LogP contribution is -2.28. The first-order valence-corrected chi connectivity index (χ1v) is 11.7. The first-order valence-electron chi connectivity index (χ1n) is 10.9. The number of nitrogens with zero attached hydrogens (tertiary/aromatic N) is 2. The van der Waals surface area contributed by atoms with Crippen molar-refractivity contribution in [1.29, 1.82) is 10.5 Å². The van der Waals surface area contributed by atoms with Crippen LogP contribution in [0.15, 0.2) is 107 Å². The van der Waals surface area contributed by atoms with Crippen LogP contribution in [0.2, 0.25) is 0 Å². The van der Waals surface area contributed by atoms with Gasteiger partial charge in [0.15, 0.2) is 5.41 Å². The minimum Gasteiger partial charge on any atom is -0.463 e. The Bertz CT molecular complexity index is 1310. The summed E-state index contributed by atoms with van der Waals surface area (Å²) >= 11 is 3.56. The Morgan fingerprint density at radius 2 is 1.44 bits per heavy atom. The fourth-order valence-corrected chi connectivity index (χ4v) is 4.99. The van der Waals surface area contributed by atoms with E-state index in [4.69, 9.17) is 4.74 Å². The molecule has 1 atom stereocenters. The molecule has 4 rings (SSSR count). The summed E-state index contributed by atoms with van der Waals surface area (Å²) < 4.78 is 6.09. The van der Waals surface area contributed by atoms with Gasteiger partial charge in [-0.2, -0.15) is 10.5 Å². The summed E-state index contributed by atoms with van der Waals surface area (Å²) in [5, 5.41) is 21.1. The Morgan fingerprint density at radius 3 is 1.94 bits per heavy atom. The van der Waals surface area contributed by atoms with Crippen molar-refractivity contribution in [2.24, 2.45) is 5.41 Å². The normalized spacial score (nSPS) is 16.2. The summed E-state index contributed by atoms with van der Waals surface area (Å²) in [6.07, 6.45) is 1.68. The van der Waals surface area contributed by atoms with Gasteiger partial charge < -0.3 is 4.74 Å². The summed E-state index contributed by atoms with van der Waals surface area (Å²) in [5.41, 5.74) is 2.25. The maximum atomic E-state index is 13.2. The highest BCUT2D eigenvalue weighted by Crippen LogP contribution is 2.56. The minimum atomic E-state index is -1.65. The number of benzene rings is 3. The van der Waals surface area contributed by atoms with Gasteiger partial charge in [0.05, 0.1) is 24.7 Å². The first-order chi connectivity index (χ1) is 16.6. The van der Waals surface area contributed by atoms with E-state index in [0.29, 0.717) is 15.6 Å². The number of carbonyl (C=O) groups is 1. The number of allylic oxidation sites excluding steroid dienone is 2. The van der Waals surface area contributed by atoms with Crippen LogP contribution in [0.3, 0.4) is 0 Å². The molecule has 3 aromatic carbocycles. The zero-order valence-corrected chi connectivity index (χ0v) is 20.1. The van der Waals surface area contributed by atoms with E-state index in [1.165, 1.54) is 0 Å². The topological polar surface area (TPSA) is 73.9 Å². The molecule has 0 saturated carbocycles. The maximum absolute atomic E-state index is 13.2. The van der Waals surface area contributed by atoms with Crippen molar-refractivity contribution in [3.63, 3.8) is 0 Å². The summed E-state index contributed by atoms with van der Waals surface area (Å²) in [6, 6.07) is 31.2. The lowest BCUT2D eigenvalue weighted by Gasteiger charge is -2.28. The highest BCUT2D eigenvalue weighted by atomic mass is 79.9. The third kappa shape index (κ3) is 3.96. The third-order valence-corrected chi connectivity index (χ3v) is 6.67. The van der Waals surface area contributed by atoms with E-state index in [0.717, 1.165) is 16.7 Å². The van der Waals surface area contributed by atoms with Crippen LogP contribution in [0.1, 0.15) is 29.5 Å². The van der Waals surface area contributed by atoms with Gasteiger partial charge in [-0.15, -0.1) is 0 Å². The van der Waals surface area contributed by atoms with Crippen molar-refractivity contribution in [1.82, 2.24) is 0 Å². The van der Waals surface area contributed by atoms with Gasteiger partial charge in [-0.3, -0.25) is 0 Å². The number of ether oxygens (including phenoxy) is 1. The third-order valence-electron chi connectivity index (χ3n) is 5.94. The number of nitriles is 2. The van der Waals surface area contributed by atoms with Crippen LogP contribution in [0.25, 0.3) is 5.57 Å². The molecule has 0 spiro atoms. The van der Waals surface area contributed by atoms with Gasteiger partial charge in [-0.1, -0.05) is 94.8 Å². The lowest BCUT2D eigenvalue weighted by molar-refractivity contribution is -0.138. The van der Waals surface area contributed by atoms with Crippen molar-refractivity contribution in [2.75, 3.05) is 6.61 Å². The first kappa shape index (κ1) is 23.2. The molecule has 0 radical (unpaired) electrons. The molecule has 0 saturated heterocycles. The Morgan fingerprint density at radius 1 is 0.912 bits per heavy atom. The molecule has 3 aromatic rings. The van der Waals surface area contributed by atoms with E-state index in [1.54, 1.807) is 13.0 Å². The van der Waals surface area contributed by atoms with E-state index >= 15 is 0 Å². The number of halogens is 1. The number of esters is 1. The van der Waals surface area contributed by atoms with Crippen molar-refractivity contribution in [3.05, 3.63) is 123 Å². The summed E-state index contributed by atoms with van der Waals surface area (Å²) in [4.78, 5) is 13.2. The van der Waals surface area contributed by atoms with E-state index in [-0.39, 0.29) is 12.2 Å². The van der Waals surface area contributed by atoms with E-state index in [9.17, 15) is 15.3 Å². The van der Waals surface area contributed by atoms with Gasteiger partial charge in [0.25, 0.3) is 0 Å². The summed E-state index contributed by atoms with van der Waals surface area (Å²) in [7, 11) is 0. The molecule has 1 aliphatic carbocycles. The molecule has 0 amide bonds. The zero-order valence-electron chi connectivity index (χ0n) is 18.5. The van der Waals surface area contributed by atoms with Crippen molar-refractivity contribution < 1.29 is 9.53 Å². The molecule has 0 aliphatic heterocycles. The quantitative estimate of drug-likeness (QED) is 0.365. The predicted molar refractivity (Wildman–Crippen MR) is 134 cm³/mol. The van der Waals surface area contributed by atoms with Crippen LogP contribution >= 0.6 is 15.9 Å². The molecule has 0 bridgehead atoms. The van der Waals surface area contributed by atoms with Crippen LogP contribution in [0, 0.1) is 28.1 Å². The average molecular weight is 509 g/mol. The van der Waals surface area contributed by atoms with Gasteiger partial charge in [0.2, 0.25) is 0 Å². The Labute approximate surface area is 207 Å². The van der Waals surface area contributed by atoms with Gasteiger partial charge in [0, 0.05) is 10.0 Å². The molecule has 0 N–H and O–H groups in total. The average Bonchev–Trinajstić information content (AvgIpc) is 3.21. The highest BCUT2D eigenvalue weighted by Gasteiger charge is 2.53. The monoisotopic (exact) mass is 508 g/mol. The van der Waals surface area contributed by atoms with Crippen LogP contribution < -0.4 is 0 Å². The number of rotatable bonds is 5. The molecule has 0 heterocycles. The largest absolute Gasteiger partial charge is 0.463 e. The van der Waals surface area contributed by atoms with Crippen molar-refractivity contribution in [3.8, 4) is 12.1 Å². The number of carbonyl (C=O) groups excluding carboxylic acids is 1. The number of hydrogen-bond acceptors (Lipinski definition) is 4. The molecule has 34 heavy (non-hydrogen) atoms. The van der Waals surface area contributed by atoms with E-state index < -0.39 is 17.3 Å². The molecule has 1 unspecified atom stereocenters. The van der Waals surface area contributed by atoms with Crippen molar-refractivity contribution >= 4 is 27.5 Å². The van der Waals surface area contributed by atoms with Crippen LogP contribution in [0.5, 0.6) is 0 Å². The summed E-state index contributed by atoms with van der Waals surface area (Å²) in [5.74, 6) is -1.36. The van der Waals surface area contributed by atoms with Crippen LogP contribution in [-0.2, 0) is 9.53 Å². The molecule has 1 aliphatic rings. The Hall–Kier alpha value is -3.93. The molecule has 4 nitrogen and oxygen atoms in total. The zero-order chi connectivity index (χ0) is 24.1. The smallest absolute Gasteiger partial charge is 0.334 e. The van der Waals surface area contributed by atoms with E-state index in [2.05, 4.69) is 28.1 Å². The molecular formula is C29H21BrN2O2. The van der Waals surface area contributed by atoms with E-state index in [1.807, 2.05) is 84.9 Å². The lowest BCUT2D eigenvalue weighted by atomic mass is 9.69. The van der Waals surface area contributed by atoms with Crippen LogP contribution in [0.4, 0.5) is 0 Å². The second-order valence-corrected chi connectivity index (χ2v) is 8.68.